The number of hydrogen-bond donors (Lipinski definition) is 1. The molecular formula is C16H17NO2. The van der Waals surface area contributed by atoms with Crippen molar-refractivity contribution in [2.24, 2.45) is 0 Å². The lowest BCUT2D eigenvalue weighted by atomic mass is 10.1. The van der Waals surface area contributed by atoms with Crippen LogP contribution in [-0.2, 0) is 16.1 Å². The molecule has 0 aliphatic carbocycles. The van der Waals surface area contributed by atoms with Crippen LogP contribution in [0.15, 0.2) is 60.7 Å². The summed E-state index contributed by atoms with van der Waals surface area (Å²) in [5, 5.41) is 0. The Hall–Kier alpha value is -2.13. The number of nitrogens with one attached hydrogen (secondary N) is 1. The highest BCUT2D eigenvalue weighted by Crippen LogP contribution is 2.11. The summed E-state index contributed by atoms with van der Waals surface area (Å²) in [5.74, 6) is -0.283. The SMILES string of the molecule is CC(NOC(=O)Cc1ccccc1)c1ccccc1. The second-order valence-electron chi connectivity index (χ2n) is 4.39. The minimum Gasteiger partial charge on any atom is -0.370 e. The van der Waals surface area contributed by atoms with Gasteiger partial charge in [0.1, 0.15) is 0 Å². The van der Waals surface area contributed by atoms with E-state index in [-0.39, 0.29) is 18.4 Å². The Labute approximate surface area is 113 Å². The third kappa shape index (κ3) is 4.23. The fraction of sp³-hybridized carbons (Fsp3) is 0.188. The van der Waals surface area contributed by atoms with E-state index >= 15 is 0 Å². The van der Waals surface area contributed by atoms with Crippen LogP contribution < -0.4 is 5.48 Å². The van der Waals surface area contributed by atoms with Crippen LogP contribution in [0.3, 0.4) is 0 Å². The molecule has 0 bridgehead atoms. The van der Waals surface area contributed by atoms with E-state index in [4.69, 9.17) is 4.84 Å². The normalized spacial score (nSPS) is 11.8. The van der Waals surface area contributed by atoms with E-state index in [2.05, 4.69) is 5.48 Å². The number of hydroxylamine groups is 1. The van der Waals surface area contributed by atoms with Crippen molar-refractivity contribution < 1.29 is 9.63 Å². The molecule has 3 nitrogen and oxygen atoms in total. The van der Waals surface area contributed by atoms with Crippen molar-refractivity contribution in [3.63, 3.8) is 0 Å². The van der Waals surface area contributed by atoms with Crippen LogP contribution in [0, 0.1) is 0 Å². The van der Waals surface area contributed by atoms with Gasteiger partial charge in [0, 0.05) is 0 Å². The number of carbonyl (C=O) groups excluding carboxylic acids is 1. The van der Waals surface area contributed by atoms with Crippen LogP contribution in [0.4, 0.5) is 0 Å². The average molecular weight is 255 g/mol. The molecule has 0 radical (unpaired) electrons. The number of rotatable bonds is 5. The molecule has 0 heterocycles. The first-order valence-electron chi connectivity index (χ1n) is 6.30. The van der Waals surface area contributed by atoms with E-state index in [1.54, 1.807) is 0 Å². The lowest BCUT2D eigenvalue weighted by Gasteiger charge is -2.13. The third-order valence-electron chi connectivity index (χ3n) is 2.84. The van der Waals surface area contributed by atoms with Gasteiger partial charge in [-0.3, -0.25) is 4.79 Å². The first kappa shape index (κ1) is 13.3. The van der Waals surface area contributed by atoms with Gasteiger partial charge in [-0.2, -0.15) is 0 Å². The zero-order valence-corrected chi connectivity index (χ0v) is 10.9. The molecule has 0 spiro atoms. The third-order valence-corrected chi connectivity index (χ3v) is 2.84. The van der Waals surface area contributed by atoms with E-state index in [0.29, 0.717) is 0 Å². The van der Waals surface area contributed by atoms with Crippen LogP contribution in [0.5, 0.6) is 0 Å². The molecule has 2 rings (SSSR count). The van der Waals surface area contributed by atoms with E-state index in [1.807, 2.05) is 67.6 Å². The van der Waals surface area contributed by atoms with Gasteiger partial charge >= 0.3 is 5.97 Å². The molecule has 0 aromatic heterocycles. The van der Waals surface area contributed by atoms with Gasteiger partial charge in [0.15, 0.2) is 0 Å². The Kier molecular flexibility index (Phi) is 4.70. The van der Waals surface area contributed by atoms with Crippen molar-refractivity contribution in [3.05, 3.63) is 71.8 Å². The summed E-state index contributed by atoms with van der Waals surface area (Å²) in [4.78, 5) is 16.7. The average Bonchev–Trinajstić information content (AvgIpc) is 2.47. The highest BCUT2D eigenvalue weighted by atomic mass is 16.7. The first-order valence-corrected chi connectivity index (χ1v) is 6.30. The topological polar surface area (TPSA) is 38.3 Å². The summed E-state index contributed by atoms with van der Waals surface area (Å²) in [6.45, 7) is 1.95. The molecular weight excluding hydrogens is 238 g/mol. The van der Waals surface area contributed by atoms with Gasteiger partial charge in [-0.15, -0.1) is 5.48 Å². The van der Waals surface area contributed by atoms with E-state index in [0.717, 1.165) is 11.1 Å². The van der Waals surface area contributed by atoms with Crippen molar-refractivity contribution in [3.8, 4) is 0 Å². The van der Waals surface area contributed by atoms with Crippen LogP contribution >= 0.6 is 0 Å². The standard InChI is InChI=1S/C16H17NO2/c1-13(15-10-6-3-7-11-15)17-19-16(18)12-14-8-4-2-5-9-14/h2-11,13,17H,12H2,1H3. The van der Waals surface area contributed by atoms with Crippen molar-refractivity contribution in [1.82, 2.24) is 5.48 Å². The summed E-state index contributed by atoms with van der Waals surface area (Å²) in [6.07, 6.45) is 0.273. The van der Waals surface area contributed by atoms with Gasteiger partial charge in [0.2, 0.25) is 0 Å². The second kappa shape index (κ2) is 6.71. The van der Waals surface area contributed by atoms with Gasteiger partial charge in [-0.1, -0.05) is 60.7 Å². The summed E-state index contributed by atoms with van der Waals surface area (Å²) in [7, 11) is 0. The summed E-state index contributed by atoms with van der Waals surface area (Å²) < 4.78 is 0. The molecule has 3 heteroatoms. The molecule has 19 heavy (non-hydrogen) atoms. The largest absolute Gasteiger partial charge is 0.370 e. The van der Waals surface area contributed by atoms with Crippen molar-refractivity contribution in [2.45, 2.75) is 19.4 Å². The van der Waals surface area contributed by atoms with Gasteiger partial charge in [0.05, 0.1) is 12.5 Å². The first-order chi connectivity index (χ1) is 9.25. The number of benzene rings is 2. The highest BCUT2D eigenvalue weighted by Gasteiger charge is 2.09. The zero-order chi connectivity index (χ0) is 13.5. The molecule has 0 aliphatic rings. The van der Waals surface area contributed by atoms with Crippen molar-refractivity contribution >= 4 is 5.97 Å². The van der Waals surface area contributed by atoms with Crippen LogP contribution in [0.1, 0.15) is 24.1 Å². The molecule has 2 aromatic rings. The van der Waals surface area contributed by atoms with E-state index in [9.17, 15) is 4.79 Å². The fourth-order valence-electron chi connectivity index (χ4n) is 1.76. The van der Waals surface area contributed by atoms with E-state index in [1.165, 1.54) is 0 Å². The fourth-order valence-corrected chi connectivity index (χ4v) is 1.76. The molecule has 0 amide bonds. The van der Waals surface area contributed by atoms with Crippen molar-refractivity contribution in [2.75, 3.05) is 0 Å². The Balaban J connectivity index is 1.81. The quantitative estimate of drug-likeness (QED) is 0.834. The zero-order valence-electron chi connectivity index (χ0n) is 10.9. The minimum atomic E-state index is -0.283. The minimum absolute atomic E-state index is 0.0269. The molecule has 1 N–H and O–H groups in total. The van der Waals surface area contributed by atoms with Crippen molar-refractivity contribution in [1.29, 1.82) is 0 Å². The van der Waals surface area contributed by atoms with E-state index < -0.39 is 0 Å². The lowest BCUT2D eigenvalue weighted by molar-refractivity contribution is -0.152. The molecule has 98 valence electrons. The molecule has 0 aliphatic heterocycles. The van der Waals surface area contributed by atoms with Gasteiger partial charge in [0.25, 0.3) is 0 Å². The second-order valence-corrected chi connectivity index (χ2v) is 4.39. The molecule has 0 saturated heterocycles. The molecule has 1 unspecified atom stereocenters. The maximum atomic E-state index is 11.7. The molecule has 0 fully saturated rings. The summed E-state index contributed by atoms with van der Waals surface area (Å²) in [6, 6.07) is 19.4. The van der Waals surface area contributed by atoms with Gasteiger partial charge in [-0.25, -0.2) is 0 Å². The monoisotopic (exact) mass is 255 g/mol. The maximum Gasteiger partial charge on any atom is 0.329 e. The smallest absolute Gasteiger partial charge is 0.329 e. The van der Waals surface area contributed by atoms with Crippen LogP contribution in [0.25, 0.3) is 0 Å². The molecule has 0 saturated carbocycles. The highest BCUT2D eigenvalue weighted by molar-refractivity contribution is 5.72. The summed E-state index contributed by atoms with van der Waals surface area (Å²) in [5.41, 5.74) is 4.79. The Morgan fingerprint density at radius 1 is 1.05 bits per heavy atom. The predicted molar refractivity (Wildman–Crippen MR) is 74.2 cm³/mol. The van der Waals surface area contributed by atoms with Gasteiger partial charge in [-0.05, 0) is 18.1 Å². The lowest BCUT2D eigenvalue weighted by Crippen LogP contribution is -2.24. The van der Waals surface area contributed by atoms with Gasteiger partial charge < -0.3 is 4.84 Å². The Morgan fingerprint density at radius 3 is 2.26 bits per heavy atom. The molecule has 2 aromatic carbocycles. The maximum absolute atomic E-state index is 11.7. The number of hydrogen-bond acceptors (Lipinski definition) is 3. The predicted octanol–water partition coefficient (Wildman–Crippen LogP) is 3.04. The van der Waals surface area contributed by atoms with Crippen LogP contribution in [-0.4, -0.2) is 5.97 Å². The van der Waals surface area contributed by atoms with Crippen LogP contribution in [0.2, 0.25) is 0 Å². The Bertz CT molecular complexity index is 511. The summed E-state index contributed by atoms with van der Waals surface area (Å²) >= 11 is 0. The Morgan fingerprint density at radius 2 is 1.63 bits per heavy atom. The number of carbonyl (C=O) groups is 1. The molecule has 1 atom stereocenters.